The van der Waals surface area contributed by atoms with Crippen LogP contribution in [0.4, 0.5) is 0 Å². The number of aromatic nitrogens is 3. The maximum absolute atomic E-state index is 12.2. The Hall–Kier alpha value is -2.42. The predicted octanol–water partition coefficient (Wildman–Crippen LogP) is 3.01. The second-order valence-corrected chi connectivity index (χ2v) is 6.16. The fourth-order valence-electron chi connectivity index (χ4n) is 2.15. The number of carbonyl (C=O) groups is 1. The van der Waals surface area contributed by atoms with Crippen molar-refractivity contribution in [3.63, 3.8) is 0 Å². The Labute approximate surface area is 152 Å². The van der Waals surface area contributed by atoms with Gasteiger partial charge in [-0.3, -0.25) is 9.89 Å². The van der Waals surface area contributed by atoms with Crippen LogP contribution in [0.1, 0.15) is 16.2 Å². The molecule has 0 bridgehead atoms. The monoisotopic (exact) mass is 434 g/mol. The van der Waals surface area contributed by atoms with Crippen LogP contribution in [0.15, 0.2) is 48.5 Å². The van der Waals surface area contributed by atoms with Gasteiger partial charge in [0.15, 0.2) is 5.82 Å². The first-order chi connectivity index (χ1) is 11.7. The number of H-pyrrole nitrogens is 1. The average Bonchev–Trinajstić information content (AvgIpc) is 3.09. The fourth-order valence-corrected chi connectivity index (χ4v) is 2.78. The standard InChI is InChI=1S/C17H15IN4O2/c1-24-12-8-6-11(7-9-12)16-20-15(21-22-16)10-19-17(23)13-4-2-3-5-14(13)18/h2-9H,10H2,1H3,(H,19,23)(H,20,21,22). The molecule has 122 valence electrons. The molecule has 0 saturated carbocycles. The Kier molecular flexibility index (Phi) is 5.09. The van der Waals surface area contributed by atoms with E-state index in [0.717, 1.165) is 14.9 Å². The van der Waals surface area contributed by atoms with Crippen LogP contribution in [0, 0.1) is 3.57 Å². The summed E-state index contributed by atoms with van der Waals surface area (Å²) in [6.07, 6.45) is 0. The van der Waals surface area contributed by atoms with Gasteiger partial charge in [0.25, 0.3) is 5.91 Å². The summed E-state index contributed by atoms with van der Waals surface area (Å²) in [5.74, 6) is 1.82. The molecule has 2 N–H and O–H groups in total. The summed E-state index contributed by atoms with van der Waals surface area (Å²) in [4.78, 5) is 16.6. The van der Waals surface area contributed by atoms with Crippen LogP contribution in [0.25, 0.3) is 11.4 Å². The molecule has 6 nitrogen and oxygen atoms in total. The van der Waals surface area contributed by atoms with Crippen molar-refractivity contribution in [2.24, 2.45) is 0 Å². The number of ether oxygens (including phenoxy) is 1. The van der Waals surface area contributed by atoms with Gasteiger partial charge in [0.1, 0.15) is 11.6 Å². The average molecular weight is 434 g/mol. The number of halogens is 1. The molecule has 0 radical (unpaired) electrons. The van der Waals surface area contributed by atoms with Gasteiger partial charge in [0.05, 0.1) is 19.2 Å². The Morgan fingerprint density at radius 3 is 2.67 bits per heavy atom. The third-order valence-corrected chi connectivity index (χ3v) is 4.36. The molecule has 2 aromatic carbocycles. The number of hydrogen-bond acceptors (Lipinski definition) is 4. The van der Waals surface area contributed by atoms with E-state index in [9.17, 15) is 4.79 Å². The molecule has 0 spiro atoms. The highest BCUT2D eigenvalue weighted by molar-refractivity contribution is 14.1. The Balaban J connectivity index is 1.66. The van der Waals surface area contributed by atoms with Crippen molar-refractivity contribution in [1.29, 1.82) is 0 Å². The Morgan fingerprint density at radius 2 is 1.96 bits per heavy atom. The highest BCUT2D eigenvalue weighted by atomic mass is 127. The van der Waals surface area contributed by atoms with Crippen molar-refractivity contribution >= 4 is 28.5 Å². The molecule has 0 unspecified atom stereocenters. The number of benzene rings is 2. The predicted molar refractivity (Wildman–Crippen MR) is 98.7 cm³/mol. The Bertz CT molecular complexity index is 846. The normalized spacial score (nSPS) is 10.4. The van der Waals surface area contributed by atoms with Crippen molar-refractivity contribution in [3.05, 3.63) is 63.5 Å². The van der Waals surface area contributed by atoms with Crippen molar-refractivity contribution in [2.45, 2.75) is 6.54 Å². The summed E-state index contributed by atoms with van der Waals surface area (Å²) in [6.45, 7) is 0.285. The van der Waals surface area contributed by atoms with E-state index in [2.05, 4.69) is 43.1 Å². The van der Waals surface area contributed by atoms with E-state index < -0.39 is 0 Å². The minimum absolute atomic E-state index is 0.137. The first kappa shape index (κ1) is 16.4. The Morgan fingerprint density at radius 1 is 1.21 bits per heavy atom. The number of hydrogen-bond donors (Lipinski definition) is 2. The number of amides is 1. The quantitative estimate of drug-likeness (QED) is 0.606. The molecule has 7 heteroatoms. The summed E-state index contributed by atoms with van der Waals surface area (Å²) >= 11 is 2.14. The van der Waals surface area contributed by atoms with Crippen LogP contribution in [-0.2, 0) is 6.54 Å². The van der Waals surface area contributed by atoms with E-state index in [1.54, 1.807) is 13.2 Å². The number of methoxy groups -OCH3 is 1. The number of carbonyl (C=O) groups excluding carboxylic acids is 1. The molecule has 0 aliphatic heterocycles. The highest BCUT2D eigenvalue weighted by Crippen LogP contribution is 2.19. The van der Waals surface area contributed by atoms with E-state index in [-0.39, 0.29) is 12.5 Å². The van der Waals surface area contributed by atoms with Gasteiger partial charge >= 0.3 is 0 Å². The third-order valence-electron chi connectivity index (χ3n) is 3.41. The molecule has 0 aliphatic rings. The maximum Gasteiger partial charge on any atom is 0.252 e. The summed E-state index contributed by atoms with van der Waals surface area (Å²) < 4.78 is 6.04. The molecule has 0 saturated heterocycles. The van der Waals surface area contributed by atoms with Crippen molar-refractivity contribution in [3.8, 4) is 17.1 Å². The van der Waals surface area contributed by atoms with Crippen LogP contribution in [0.5, 0.6) is 5.75 Å². The maximum atomic E-state index is 12.2. The molecule has 1 amide bonds. The number of nitrogens with zero attached hydrogens (tertiary/aromatic N) is 2. The SMILES string of the molecule is COc1ccc(-c2n[nH]c(CNC(=O)c3ccccc3I)n2)cc1. The van der Waals surface area contributed by atoms with Gasteiger partial charge in [-0.05, 0) is 59.0 Å². The zero-order valence-corrected chi connectivity index (χ0v) is 15.1. The van der Waals surface area contributed by atoms with Gasteiger partial charge in [0.2, 0.25) is 0 Å². The van der Waals surface area contributed by atoms with E-state index in [4.69, 9.17) is 4.74 Å². The lowest BCUT2D eigenvalue weighted by atomic mass is 10.2. The molecule has 3 aromatic rings. The lowest BCUT2D eigenvalue weighted by Gasteiger charge is -2.04. The van der Waals surface area contributed by atoms with Crippen LogP contribution in [0.3, 0.4) is 0 Å². The third kappa shape index (κ3) is 3.73. The molecule has 1 heterocycles. The second kappa shape index (κ2) is 7.43. The molecule has 24 heavy (non-hydrogen) atoms. The lowest BCUT2D eigenvalue weighted by molar-refractivity contribution is 0.0949. The molecule has 1 aromatic heterocycles. The smallest absolute Gasteiger partial charge is 0.252 e. The van der Waals surface area contributed by atoms with Gasteiger partial charge in [-0.2, -0.15) is 5.10 Å². The van der Waals surface area contributed by atoms with Gasteiger partial charge in [-0.15, -0.1) is 0 Å². The van der Waals surface area contributed by atoms with E-state index in [1.807, 2.05) is 42.5 Å². The van der Waals surface area contributed by atoms with Crippen molar-refractivity contribution in [2.75, 3.05) is 7.11 Å². The molecule has 3 rings (SSSR count). The molecular weight excluding hydrogens is 419 g/mol. The molecule has 0 atom stereocenters. The van der Waals surface area contributed by atoms with Gasteiger partial charge in [0, 0.05) is 9.13 Å². The summed E-state index contributed by atoms with van der Waals surface area (Å²) in [5, 5.41) is 9.87. The molecule has 0 fully saturated rings. The van der Waals surface area contributed by atoms with Gasteiger partial charge in [-0.25, -0.2) is 4.98 Å². The highest BCUT2D eigenvalue weighted by Gasteiger charge is 2.11. The van der Waals surface area contributed by atoms with Crippen LogP contribution in [0.2, 0.25) is 0 Å². The fraction of sp³-hybridized carbons (Fsp3) is 0.118. The first-order valence-corrected chi connectivity index (χ1v) is 8.33. The zero-order valence-electron chi connectivity index (χ0n) is 12.9. The van der Waals surface area contributed by atoms with Gasteiger partial charge < -0.3 is 10.1 Å². The minimum Gasteiger partial charge on any atom is -0.497 e. The minimum atomic E-state index is -0.137. The largest absolute Gasteiger partial charge is 0.497 e. The number of nitrogens with one attached hydrogen (secondary N) is 2. The first-order valence-electron chi connectivity index (χ1n) is 7.26. The van der Waals surface area contributed by atoms with Gasteiger partial charge in [-0.1, -0.05) is 12.1 Å². The van der Waals surface area contributed by atoms with E-state index in [0.29, 0.717) is 17.2 Å². The van der Waals surface area contributed by atoms with Crippen LogP contribution in [-0.4, -0.2) is 28.2 Å². The zero-order chi connectivity index (χ0) is 16.9. The van der Waals surface area contributed by atoms with E-state index in [1.165, 1.54) is 0 Å². The second-order valence-electron chi connectivity index (χ2n) is 5.00. The van der Waals surface area contributed by atoms with Crippen LogP contribution < -0.4 is 10.1 Å². The summed E-state index contributed by atoms with van der Waals surface area (Å²) in [5.41, 5.74) is 1.52. The molecule has 0 aliphatic carbocycles. The van der Waals surface area contributed by atoms with Crippen molar-refractivity contribution < 1.29 is 9.53 Å². The topological polar surface area (TPSA) is 79.9 Å². The molecular formula is C17H15IN4O2. The lowest BCUT2D eigenvalue weighted by Crippen LogP contribution is -2.24. The van der Waals surface area contributed by atoms with E-state index >= 15 is 0 Å². The van der Waals surface area contributed by atoms with Crippen LogP contribution >= 0.6 is 22.6 Å². The summed E-state index contributed by atoms with van der Waals surface area (Å²) in [6, 6.07) is 14.9. The summed E-state index contributed by atoms with van der Waals surface area (Å²) in [7, 11) is 1.62. The number of aromatic amines is 1. The van der Waals surface area contributed by atoms with Crippen molar-refractivity contribution in [1.82, 2.24) is 20.5 Å². The number of rotatable bonds is 5.